The first-order valence-corrected chi connectivity index (χ1v) is 9.38. The van der Waals surface area contributed by atoms with E-state index >= 15 is 0 Å². The maximum Gasteiger partial charge on any atom is 0.314 e. The lowest BCUT2D eigenvalue weighted by Crippen LogP contribution is -2.30. The summed E-state index contributed by atoms with van der Waals surface area (Å²) >= 11 is 0. The van der Waals surface area contributed by atoms with Crippen LogP contribution in [0.25, 0.3) is 0 Å². The second kappa shape index (κ2) is 8.61. The number of benzene rings is 3. The molecule has 0 heterocycles. The van der Waals surface area contributed by atoms with Crippen LogP contribution in [0.5, 0.6) is 11.5 Å². The van der Waals surface area contributed by atoms with Crippen molar-refractivity contribution in [2.45, 2.75) is 26.2 Å². The molecule has 0 radical (unpaired) electrons. The first-order valence-electron chi connectivity index (χ1n) is 9.38. The van der Waals surface area contributed by atoms with Gasteiger partial charge in [-0.3, -0.25) is 9.59 Å². The Bertz CT molecular complexity index is 1010. The summed E-state index contributed by atoms with van der Waals surface area (Å²) in [4.78, 5) is 25.0. The molecule has 0 atom stereocenters. The lowest BCUT2D eigenvalue weighted by atomic mass is 9.86. The van der Waals surface area contributed by atoms with E-state index in [1.165, 1.54) is 0 Å². The van der Waals surface area contributed by atoms with Crippen LogP contribution in [0, 0.1) is 0 Å². The maximum atomic E-state index is 12.5. The first-order chi connectivity index (χ1) is 13.8. The molecule has 2 amide bonds. The molecule has 0 aliphatic heterocycles. The van der Waals surface area contributed by atoms with Crippen molar-refractivity contribution in [3.8, 4) is 11.5 Å². The number of hydrogen-bond donors (Lipinski definition) is 2. The van der Waals surface area contributed by atoms with Gasteiger partial charge < -0.3 is 15.4 Å². The Hall–Kier alpha value is -3.60. The Kier molecular flexibility index (Phi) is 5.98. The molecule has 2 N–H and O–H groups in total. The van der Waals surface area contributed by atoms with Gasteiger partial charge in [0, 0.05) is 5.69 Å². The molecule has 3 rings (SSSR count). The zero-order chi connectivity index (χ0) is 20.9. The second-order valence-electron chi connectivity index (χ2n) is 7.62. The maximum absolute atomic E-state index is 12.5. The molecule has 0 unspecified atom stereocenters. The quantitative estimate of drug-likeness (QED) is 0.592. The minimum absolute atomic E-state index is 0.170. The van der Waals surface area contributed by atoms with Crippen LogP contribution in [0.1, 0.15) is 26.3 Å². The van der Waals surface area contributed by atoms with E-state index in [4.69, 9.17) is 4.74 Å². The summed E-state index contributed by atoms with van der Waals surface area (Å²) in [6, 6.07) is 23.7. The number of carbonyl (C=O) groups excluding carboxylic acids is 2. The number of nitrogens with one attached hydrogen (secondary N) is 2. The minimum atomic E-state index is -0.766. The summed E-state index contributed by atoms with van der Waals surface area (Å²) in [5.41, 5.74) is 1.82. The third-order valence-electron chi connectivity index (χ3n) is 4.30. The van der Waals surface area contributed by atoms with E-state index in [2.05, 4.69) is 31.4 Å². The molecule has 0 aromatic heterocycles. The lowest BCUT2D eigenvalue weighted by molar-refractivity contribution is -0.133. The number of ether oxygens (including phenoxy) is 1. The highest BCUT2D eigenvalue weighted by Crippen LogP contribution is 2.30. The van der Waals surface area contributed by atoms with Crippen molar-refractivity contribution in [1.29, 1.82) is 0 Å². The second-order valence-corrected chi connectivity index (χ2v) is 7.62. The third-order valence-corrected chi connectivity index (χ3v) is 4.30. The monoisotopic (exact) mass is 388 g/mol. The van der Waals surface area contributed by atoms with Crippen LogP contribution < -0.4 is 15.4 Å². The molecular formula is C24H24N2O3. The van der Waals surface area contributed by atoms with Crippen LogP contribution in [0.2, 0.25) is 0 Å². The Morgan fingerprint density at radius 1 is 0.690 bits per heavy atom. The van der Waals surface area contributed by atoms with Gasteiger partial charge in [0.2, 0.25) is 0 Å². The SMILES string of the molecule is CC(C)(C)c1ccccc1NC(=O)C(=O)Nc1ccccc1Oc1ccccc1. The number of rotatable bonds is 4. The number of para-hydroxylation sites is 4. The Labute approximate surface area is 170 Å². The van der Waals surface area contributed by atoms with Crippen molar-refractivity contribution < 1.29 is 14.3 Å². The van der Waals surface area contributed by atoms with Crippen molar-refractivity contribution in [3.63, 3.8) is 0 Å². The van der Waals surface area contributed by atoms with Gasteiger partial charge in [-0.2, -0.15) is 0 Å². The highest BCUT2D eigenvalue weighted by molar-refractivity contribution is 6.43. The standard InChI is InChI=1S/C24H24N2O3/c1-24(2,3)18-13-7-8-14-19(18)25-22(27)23(28)26-20-15-9-10-16-21(20)29-17-11-5-4-6-12-17/h4-16H,1-3H3,(H,25,27)(H,26,28). The van der Waals surface area contributed by atoms with E-state index in [0.29, 0.717) is 22.9 Å². The summed E-state index contributed by atoms with van der Waals surface area (Å²) in [7, 11) is 0. The molecule has 0 spiro atoms. The predicted octanol–water partition coefficient (Wildman–Crippen LogP) is 5.35. The van der Waals surface area contributed by atoms with Gasteiger partial charge in [0.05, 0.1) is 5.69 Å². The van der Waals surface area contributed by atoms with Gasteiger partial charge in [0.25, 0.3) is 0 Å². The summed E-state index contributed by atoms with van der Waals surface area (Å²) < 4.78 is 5.83. The smallest absolute Gasteiger partial charge is 0.314 e. The molecule has 0 saturated heterocycles. The van der Waals surface area contributed by atoms with E-state index in [0.717, 1.165) is 5.56 Å². The van der Waals surface area contributed by atoms with E-state index in [9.17, 15) is 9.59 Å². The van der Waals surface area contributed by atoms with Crippen LogP contribution in [0.3, 0.4) is 0 Å². The molecule has 29 heavy (non-hydrogen) atoms. The van der Waals surface area contributed by atoms with Gasteiger partial charge in [0.1, 0.15) is 5.75 Å². The fraction of sp³-hybridized carbons (Fsp3) is 0.167. The minimum Gasteiger partial charge on any atom is -0.455 e. The molecule has 5 nitrogen and oxygen atoms in total. The van der Waals surface area contributed by atoms with Crippen molar-refractivity contribution in [1.82, 2.24) is 0 Å². The fourth-order valence-electron chi connectivity index (χ4n) is 2.88. The van der Waals surface area contributed by atoms with Crippen LogP contribution in [-0.4, -0.2) is 11.8 Å². The van der Waals surface area contributed by atoms with Crippen LogP contribution >= 0.6 is 0 Å². The fourth-order valence-corrected chi connectivity index (χ4v) is 2.88. The van der Waals surface area contributed by atoms with Gasteiger partial charge >= 0.3 is 11.8 Å². The Balaban J connectivity index is 1.74. The number of anilines is 2. The molecule has 148 valence electrons. The summed E-state index contributed by atoms with van der Waals surface area (Å²) in [6.45, 7) is 6.15. The average molecular weight is 388 g/mol. The molecule has 0 saturated carbocycles. The van der Waals surface area contributed by atoms with Crippen molar-refractivity contribution in [2.24, 2.45) is 0 Å². The highest BCUT2D eigenvalue weighted by atomic mass is 16.5. The summed E-state index contributed by atoms with van der Waals surface area (Å²) in [6.07, 6.45) is 0. The zero-order valence-corrected chi connectivity index (χ0v) is 16.7. The molecule has 0 aliphatic rings. The topological polar surface area (TPSA) is 67.4 Å². The zero-order valence-electron chi connectivity index (χ0n) is 16.7. The molecule has 3 aromatic carbocycles. The largest absolute Gasteiger partial charge is 0.455 e. The van der Waals surface area contributed by atoms with E-state index < -0.39 is 11.8 Å². The van der Waals surface area contributed by atoms with Gasteiger partial charge in [-0.05, 0) is 41.3 Å². The molecule has 3 aromatic rings. The van der Waals surface area contributed by atoms with Crippen LogP contribution in [0.15, 0.2) is 78.9 Å². The summed E-state index contributed by atoms with van der Waals surface area (Å²) in [5.74, 6) is -0.415. The van der Waals surface area contributed by atoms with Gasteiger partial charge in [-0.25, -0.2) is 0 Å². The van der Waals surface area contributed by atoms with Crippen molar-refractivity contribution in [2.75, 3.05) is 10.6 Å². The molecule has 0 bridgehead atoms. The van der Waals surface area contributed by atoms with E-state index in [1.807, 2.05) is 48.5 Å². The molecule has 0 fully saturated rings. The molecular weight excluding hydrogens is 364 g/mol. The molecule has 5 heteroatoms. The predicted molar refractivity (Wildman–Crippen MR) is 115 cm³/mol. The normalized spacial score (nSPS) is 10.9. The van der Waals surface area contributed by atoms with Gasteiger partial charge in [0.15, 0.2) is 5.75 Å². The Morgan fingerprint density at radius 2 is 1.21 bits per heavy atom. The van der Waals surface area contributed by atoms with Crippen molar-refractivity contribution in [3.05, 3.63) is 84.4 Å². The lowest BCUT2D eigenvalue weighted by Gasteiger charge is -2.22. The highest BCUT2D eigenvalue weighted by Gasteiger charge is 2.21. The average Bonchev–Trinajstić information content (AvgIpc) is 2.70. The first kappa shape index (κ1) is 20.1. The summed E-state index contributed by atoms with van der Waals surface area (Å²) in [5, 5.41) is 5.35. The third kappa shape index (κ3) is 5.23. The van der Waals surface area contributed by atoms with E-state index in [-0.39, 0.29) is 5.41 Å². The van der Waals surface area contributed by atoms with E-state index in [1.54, 1.807) is 30.3 Å². The number of amides is 2. The van der Waals surface area contributed by atoms with Gasteiger partial charge in [-0.15, -0.1) is 0 Å². The molecule has 0 aliphatic carbocycles. The van der Waals surface area contributed by atoms with Gasteiger partial charge in [-0.1, -0.05) is 69.3 Å². The van der Waals surface area contributed by atoms with Crippen LogP contribution in [-0.2, 0) is 15.0 Å². The van der Waals surface area contributed by atoms with Crippen molar-refractivity contribution >= 4 is 23.2 Å². The number of carbonyl (C=O) groups is 2. The Morgan fingerprint density at radius 3 is 1.86 bits per heavy atom. The number of hydrogen-bond acceptors (Lipinski definition) is 3. The van der Waals surface area contributed by atoms with Crippen LogP contribution in [0.4, 0.5) is 11.4 Å².